The van der Waals surface area contributed by atoms with Crippen LogP contribution < -0.4 is 0 Å². The lowest BCUT2D eigenvalue weighted by molar-refractivity contribution is 0.124. The van der Waals surface area contributed by atoms with E-state index in [0.29, 0.717) is 6.54 Å². The lowest BCUT2D eigenvalue weighted by atomic mass is 10.1. The zero-order valence-corrected chi connectivity index (χ0v) is 16.6. The third-order valence-corrected chi connectivity index (χ3v) is 5.54. The summed E-state index contributed by atoms with van der Waals surface area (Å²) in [4.78, 5) is 4.89. The van der Waals surface area contributed by atoms with E-state index in [1.54, 1.807) is 12.1 Å². The van der Waals surface area contributed by atoms with Crippen LogP contribution in [0.1, 0.15) is 34.0 Å². The van der Waals surface area contributed by atoms with Crippen molar-refractivity contribution in [3.8, 4) is 0 Å². The second-order valence-electron chi connectivity index (χ2n) is 7.81. The van der Waals surface area contributed by atoms with Crippen LogP contribution >= 0.6 is 0 Å². The predicted octanol–water partition coefficient (Wildman–Crippen LogP) is 5.46. The maximum absolute atomic E-state index is 14.3. The van der Waals surface area contributed by atoms with E-state index in [1.165, 1.54) is 22.3 Å². The van der Waals surface area contributed by atoms with Crippen molar-refractivity contribution in [2.24, 2.45) is 0 Å². The molecule has 0 N–H and O–H groups in total. The number of hydrogen-bond acceptors (Lipinski definition) is 2. The molecular formula is C25H27FN2. The predicted molar refractivity (Wildman–Crippen MR) is 112 cm³/mol. The first kappa shape index (κ1) is 18.9. The molecule has 0 radical (unpaired) electrons. The van der Waals surface area contributed by atoms with Gasteiger partial charge in [-0.2, -0.15) is 0 Å². The zero-order chi connectivity index (χ0) is 19.5. The third kappa shape index (κ3) is 4.16. The standard InChI is InChI=1S/C25H27FN2/c1-19-10-12-21(13-11-19)17-27-14-15-28(18-23-7-3-4-9-24(23)26)25(27)22-8-5-6-20(2)16-22/h3-13,16,25H,14-15,17-18H2,1-2H3. The van der Waals surface area contributed by atoms with Crippen LogP contribution in [0.2, 0.25) is 0 Å². The van der Waals surface area contributed by atoms with Gasteiger partial charge in [0.05, 0.1) is 6.17 Å². The van der Waals surface area contributed by atoms with Crippen LogP contribution in [0.4, 0.5) is 4.39 Å². The fourth-order valence-corrected chi connectivity index (χ4v) is 4.09. The monoisotopic (exact) mass is 374 g/mol. The van der Waals surface area contributed by atoms with Crippen molar-refractivity contribution in [3.05, 3.63) is 106 Å². The first-order valence-corrected chi connectivity index (χ1v) is 9.94. The van der Waals surface area contributed by atoms with Crippen LogP contribution in [0.25, 0.3) is 0 Å². The van der Waals surface area contributed by atoms with Gasteiger partial charge >= 0.3 is 0 Å². The highest BCUT2D eigenvalue weighted by Crippen LogP contribution is 2.33. The van der Waals surface area contributed by atoms with Crippen LogP contribution in [-0.2, 0) is 13.1 Å². The minimum absolute atomic E-state index is 0.123. The highest BCUT2D eigenvalue weighted by molar-refractivity contribution is 5.27. The van der Waals surface area contributed by atoms with Crippen LogP contribution in [0.15, 0.2) is 72.8 Å². The SMILES string of the molecule is Cc1ccc(CN2CCN(Cc3ccccc3F)C2c2cccc(C)c2)cc1. The van der Waals surface area contributed by atoms with E-state index in [4.69, 9.17) is 0 Å². The summed E-state index contributed by atoms with van der Waals surface area (Å²) in [6.45, 7) is 7.66. The highest BCUT2D eigenvalue weighted by Gasteiger charge is 2.33. The summed E-state index contributed by atoms with van der Waals surface area (Å²) >= 11 is 0. The molecule has 1 saturated heterocycles. The number of halogens is 1. The summed E-state index contributed by atoms with van der Waals surface area (Å²) < 4.78 is 14.3. The van der Waals surface area contributed by atoms with Crippen molar-refractivity contribution in [2.75, 3.05) is 13.1 Å². The van der Waals surface area contributed by atoms with Crippen LogP contribution in [0, 0.1) is 19.7 Å². The molecule has 1 aliphatic rings. The van der Waals surface area contributed by atoms with Gasteiger partial charge in [0.1, 0.15) is 5.82 Å². The Morgan fingerprint density at radius 1 is 0.786 bits per heavy atom. The highest BCUT2D eigenvalue weighted by atomic mass is 19.1. The van der Waals surface area contributed by atoms with Crippen LogP contribution in [0.5, 0.6) is 0 Å². The Labute approximate surface area is 167 Å². The molecule has 1 heterocycles. The molecule has 0 bridgehead atoms. The molecular weight excluding hydrogens is 347 g/mol. The molecule has 0 saturated carbocycles. The van der Waals surface area contributed by atoms with E-state index >= 15 is 0 Å². The molecule has 0 aliphatic carbocycles. The summed E-state index contributed by atoms with van der Waals surface area (Å²) in [6.07, 6.45) is 0.154. The Balaban J connectivity index is 1.62. The zero-order valence-electron chi connectivity index (χ0n) is 16.6. The van der Waals surface area contributed by atoms with Gasteiger partial charge in [-0.15, -0.1) is 0 Å². The molecule has 1 fully saturated rings. The number of aryl methyl sites for hydroxylation is 2. The number of benzene rings is 3. The Morgan fingerprint density at radius 2 is 1.50 bits per heavy atom. The lowest BCUT2D eigenvalue weighted by Gasteiger charge is -2.31. The molecule has 3 aromatic carbocycles. The molecule has 144 valence electrons. The van der Waals surface area contributed by atoms with E-state index in [0.717, 1.165) is 25.2 Å². The molecule has 28 heavy (non-hydrogen) atoms. The number of rotatable bonds is 5. The largest absolute Gasteiger partial charge is 0.279 e. The second-order valence-corrected chi connectivity index (χ2v) is 7.81. The fraction of sp³-hybridized carbons (Fsp3) is 0.280. The van der Waals surface area contributed by atoms with Gasteiger partial charge in [-0.1, -0.05) is 77.9 Å². The fourth-order valence-electron chi connectivity index (χ4n) is 4.09. The van der Waals surface area contributed by atoms with E-state index in [-0.39, 0.29) is 12.0 Å². The summed E-state index contributed by atoms with van der Waals surface area (Å²) in [5.74, 6) is -0.123. The van der Waals surface area contributed by atoms with Gasteiger partial charge in [-0.05, 0) is 31.0 Å². The number of hydrogen-bond donors (Lipinski definition) is 0. The Kier molecular flexibility index (Phi) is 5.56. The van der Waals surface area contributed by atoms with Crippen molar-refractivity contribution in [1.29, 1.82) is 0 Å². The molecule has 0 spiro atoms. The summed E-state index contributed by atoms with van der Waals surface area (Å²) in [5, 5.41) is 0. The van der Waals surface area contributed by atoms with Crippen molar-refractivity contribution < 1.29 is 4.39 Å². The van der Waals surface area contributed by atoms with E-state index < -0.39 is 0 Å². The molecule has 2 nitrogen and oxygen atoms in total. The van der Waals surface area contributed by atoms with Gasteiger partial charge in [0.2, 0.25) is 0 Å². The summed E-state index contributed by atoms with van der Waals surface area (Å²) in [5.41, 5.74) is 5.89. The Bertz CT molecular complexity index is 935. The summed E-state index contributed by atoms with van der Waals surface area (Å²) in [6, 6.07) is 24.6. The average Bonchev–Trinajstić information content (AvgIpc) is 3.07. The molecule has 1 atom stereocenters. The Hall–Kier alpha value is -2.49. The minimum atomic E-state index is -0.123. The smallest absolute Gasteiger partial charge is 0.127 e. The molecule has 0 amide bonds. The van der Waals surface area contributed by atoms with Gasteiger partial charge < -0.3 is 0 Å². The third-order valence-electron chi connectivity index (χ3n) is 5.54. The molecule has 3 aromatic rings. The normalized spacial score (nSPS) is 17.9. The maximum atomic E-state index is 14.3. The van der Waals surface area contributed by atoms with Gasteiger partial charge in [0.25, 0.3) is 0 Å². The molecule has 1 aliphatic heterocycles. The van der Waals surface area contributed by atoms with Crippen molar-refractivity contribution in [1.82, 2.24) is 9.80 Å². The maximum Gasteiger partial charge on any atom is 0.127 e. The Morgan fingerprint density at radius 3 is 2.21 bits per heavy atom. The van der Waals surface area contributed by atoms with Gasteiger partial charge in [0.15, 0.2) is 0 Å². The average molecular weight is 375 g/mol. The first-order valence-electron chi connectivity index (χ1n) is 9.94. The lowest BCUT2D eigenvalue weighted by Crippen LogP contribution is -2.30. The van der Waals surface area contributed by atoms with Crippen molar-refractivity contribution >= 4 is 0 Å². The van der Waals surface area contributed by atoms with Crippen LogP contribution in [-0.4, -0.2) is 22.9 Å². The molecule has 0 aromatic heterocycles. The molecule has 1 unspecified atom stereocenters. The van der Waals surface area contributed by atoms with Gasteiger partial charge in [-0.3, -0.25) is 9.80 Å². The van der Waals surface area contributed by atoms with Crippen molar-refractivity contribution in [3.63, 3.8) is 0 Å². The molecule has 4 rings (SSSR count). The first-order chi connectivity index (χ1) is 13.6. The van der Waals surface area contributed by atoms with Crippen LogP contribution in [0.3, 0.4) is 0 Å². The summed E-state index contributed by atoms with van der Waals surface area (Å²) in [7, 11) is 0. The van der Waals surface area contributed by atoms with Gasteiger partial charge in [-0.25, -0.2) is 4.39 Å². The van der Waals surface area contributed by atoms with E-state index in [9.17, 15) is 4.39 Å². The minimum Gasteiger partial charge on any atom is -0.279 e. The van der Waals surface area contributed by atoms with Crippen molar-refractivity contribution in [2.45, 2.75) is 33.1 Å². The second kappa shape index (κ2) is 8.26. The van der Waals surface area contributed by atoms with E-state index in [1.807, 2.05) is 12.1 Å². The topological polar surface area (TPSA) is 6.48 Å². The number of nitrogens with zero attached hydrogens (tertiary/aromatic N) is 2. The molecule has 3 heteroatoms. The quantitative estimate of drug-likeness (QED) is 0.585. The van der Waals surface area contributed by atoms with E-state index in [2.05, 4.69) is 72.2 Å². The van der Waals surface area contributed by atoms with Gasteiger partial charge in [0, 0.05) is 31.7 Å².